The lowest BCUT2D eigenvalue weighted by molar-refractivity contribution is -0.115. The Labute approximate surface area is 106 Å². The highest BCUT2D eigenvalue weighted by Gasteiger charge is 2.08. The molecule has 1 N–H and O–H groups in total. The molecule has 17 heavy (non-hydrogen) atoms. The van der Waals surface area contributed by atoms with Crippen LogP contribution < -0.4 is 10.2 Å². The minimum atomic E-state index is -0.220. The summed E-state index contributed by atoms with van der Waals surface area (Å²) < 4.78 is 0. The number of carbonyl (C=O) groups is 1. The van der Waals surface area contributed by atoms with E-state index in [4.69, 9.17) is 0 Å². The molecule has 0 bridgehead atoms. The van der Waals surface area contributed by atoms with Crippen molar-refractivity contribution >= 4 is 22.4 Å². The molecule has 92 valence electrons. The van der Waals surface area contributed by atoms with Crippen LogP contribution in [0.5, 0.6) is 0 Å². The SMILES string of the molecule is CC#CC(=O)NCCc1sc(N(C)C)nc1C. The molecule has 1 heterocycles. The second-order valence-electron chi connectivity index (χ2n) is 3.78. The summed E-state index contributed by atoms with van der Waals surface area (Å²) in [6.07, 6.45) is 0.800. The van der Waals surface area contributed by atoms with E-state index in [0.29, 0.717) is 6.54 Å². The Morgan fingerprint density at radius 3 is 2.76 bits per heavy atom. The molecule has 0 aliphatic carbocycles. The van der Waals surface area contributed by atoms with Gasteiger partial charge in [-0.3, -0.25) is 4.79 Å². The van der Waals surface area contributed by atoms with Gasteiger partial charge in [-0.2, -0.15) is 0 Å². The highest BCUT2D eigenvalue weighted by molar-refractivity contribution is 7.15. The van der Waals surface area contributed by atoms with Gasteiger partial charge in [-0.15, -0.1) is 11.3 Å². The van der Waals surface area contributed by atoms with Gasteiger partial charge in [0.2, 0.25) is 0 Å². The van der Waals surface area contributed by atoms with Crippen LogP contribution in [0.15, 0.2) is 0 Å². The van der Waals surface area contributed by atoms with Gasteiger partial charge in [-0.05, 0) is 19.8 Å². The number of nitrogens with one attached hydrogen (secondary N) is 1. The first kappa shape index (κ1) is 13.5. The first-order valence-electron chi connectivity index (χ1n) is 5.38. The van der Waals surface area contributed by atoms with Crippen molar-refractivity contribution in [3.63, 3.8) is 0 Å². The van der Waals surface area contributed by atoms with E-state index in [-0.39, 0.29) is 5.91 Å². The zero-order valence-corrected chi connectivity index (χ0v) is 11.4. The van der Waals surface area contributed by atoms with Crippen LogP contribution in [0.4, 0.5) is 5.13 Å². The molecule has 0 atom stereocenters. The van der Waals surface area contributed by atoms with Gasteiger partial charge in [0.25, 0.3) is 5.91 Å². The Morgan fingerprint density at radius 2 is 2.24 bits per heavy atom. The van der Waals surface area contributed by atoms with E-state index in [1.165, 1.54) is 4.88 Å². The van der Waals surface area contributed by atoms with Crippen LogP contribution in [0.2, 0.25) is 0 Å². The summed E-state index contributed by atoms with van der Waals surface area (Å²) in [4.78, 5) is 18.8. The Bertz CT molecular complexity index is 454. The number of aryl methyl sites for hydroxylation is 1. The molecule has 5 heteroatoms. The fourth-order valence-electron chi connectivity index (χ4n) is 1.28. The summed E-state index contributed by atoms with van der Waals surface area (Å²) in [7, 11) is 3.95. The van der Waals surface area contributed by atoms with Gasteiger partial charge in [0.05, 0.1) is 5.69 Å². The van der Waals surface area contributed by atoms with E-state index in [2.05, 4.69) is 22.1 Å². The van der Waals surface area contributed by atoms with E-state index in [9.17, 15) is 4.79 Å². The second kappa shape index (κ2) is 6.26. The zero-order chi connectivity index (χ0) is 12.8. The number of amides is 1. The monoisotopic (exact) mass is 251 g/mol. The molecule has 0 radical (unpaired) electrons. The minimum absolute atomic E-state index is 0.220. The highest BCUT2D eigenvalue weighted by Crippen LogP contribution is 2.24. The summed E-state index contributed by atoms with van der Waals surface area (Å²) >= 11 is 1.66. The van der Waals surface area contributed by atoms with Crippen LogP contribution in [0.3, 0.4) is 0 Å². The lowest BCUT2D eigenvalue weighted by atomic mass is 10.3. The summed E-state index contributed by atoms with van der Waals surface area (Å²) in [6.45, 7) is 4.24. The number of hydrogen-bond acceptors (Lipinski definition) is 4. The van der Waals surface area contributed by atoms with Gasteiger partial charge < -0.3 is 10.2 Å². The van der Waals surface area contributed by atoms with Crippen LogP contribution in [-0.2, 0) is 11.2 Å². The molecule has 1 rings (SSSR count). The maximum atomic E-state index is 11.1. The molecule has 1 amide bonds. The van der Waals surface area contributed by atoms with E-state index in [1.807, 2.05) is 25.9 Å². The van der Waals surface area contributed by atoms with E-state index < -0.39 is 0 Å². The summed E-state index contributed by atoms with van der Waals surface area (Å²) in [5.41, 5.74) is 1.04. The minimum Gasteiger partial charge on any atom is -0.354 e. The van der Waals surface area contributed by atoms with Crippen molar-refractivity contribution in [2.45, 2.75) is 20.3 Å². The molecule has 0 saturated heterocycles. The van der Waals surface area contributed by atoms with Crippen molar-refractivity contribution in [1.82, 2.24) is 10.3 Å². The zero-order valence-electron chi connectivity index (χ0n) is 10.6. The third-order valence-electron chi connectivity index (χ3n) is 2.14. The molecule has 4 nitrogen and oxygen atoms in total. The number of hydrogen-bond donors (Lipinski definition) is 1. The first-order chi connectivity index (χ1) is 8.04. The Balaban J connectivity index is 2.51. The standard InChI is InChI=1S/C12H17N3OS/c1-5-6-11(16)13-8-7-10-9(2)14-12(17-10)15(3)4/h7-8H2,1-4H3,(H,13,16). The largest absolute Gasteiger partial charge is 0.354 e. The number of anilines is 1. The molecule has 0 fully saturated rings. The first-order valence-corrected chi connectivity index (χ1v) is 6.20. The van der Waals surface area contributed by atoms with Gasteiger partial charge in [0, 0.05) is 31.9 Å². The van der Waals surface area contributed by atoms with Crippen LogP contribution in [0.1, 0.15) is 17.5 Å². The van der Waals surface area contributed by atoms with Crippen molar-refractivity contribution in [2.75, 3.05) is 25.5 Å². The average molecular weight is 251 g/mol. The topological polar surface area (TPSA) is 45.2 Å². The van der Waals surface area contributed by atoms with Crippen LogP contribution in [0, 0.1) is 18.8 Å². The number of nitrogens with zero attached hydrogens (tertiary/aromatic N) is 2. The molecule has 1 aromatic rings. The summed E-state index contributed by atoms with van der Waals surface area (Å²) in [5.74, 6) is 4.80. The molecular formula is C12H17N3OS. The second-order valence-corrected chi connectivity index (χ2v) is 4.84. The van der Waals surface area contributed by atoms with Gasteiger partial charge in [0.15, 0.2) is 5.13 Å². The Morgan fingerprint density at radius 1 is 1.53 bits per heavy atom. The molecule has 0 aliphatic rings. The quantitative estimate of drug-likeness (QED) is 0.818. The van der Waals surface area contributed by atoms with Crippen molar-refractivity contribution in [3.8, 4) is 11.8 Å². The molecule has 0 spiro atoms. The number of rotatable bonds is 4. The number of carbonyl (C=O) groups excluding carboxylic acids is 1. The van der Waals surface area contributed by atoms with E-state index in [0.717, 1.165) is 17.2 Å². The lowest BCUT2D eigenvalue weighted by Gasteiger charge is -2.05. The van der Waals surface area contributed by atoms with E-state index >= 15 is 0 Å². The summed E-state index contributed by atoms with van der Waals surface area (Å²) in [6, 6.07) is 0. The van der Waals surface area contributed by atoms with Crippen molar-refractivity contribution in [3.05, 3.63) is 10.6 Å². The van der Waals surface area contributed by atoms with Gasteiger partial charge in [-0.1, -0.05) is 5.92 Å². The fraction of sp³-hybridized carbons (Fsp3) is 0.500. The van der Waals surface area contributed by atoms with Gasteiger partial charge >= 0.3 is 0 Å². The summed E-state index contributed by atoms with van der Waals surface area (Å²) in [5, 5.41) is 3.75. The maximum absolute atomic E-state index is 11.1. The van der Waals surface area contributed by atoms with Crippen LogP contribution >= 0.6 is 11.3 Å². The average Bonchev–Trinajstić information content (AvgIpc) is 2.61. The number of thiazole rings is 1. The van der Waals surface area contributed by atoms with Crippen molar-refractivity contribution in [1.29, 1.82) is 0 Å². The highest BCUT2D eigenvalue weighted by atomic mass is 32.1. The molecular weight excluding hydrogens is 234 g/mol. The van der Waals surface area contributed by atoms with E-state index in [1.54, 1.807) is 18.3 Å². The smallest absolute Gasteiger partial charge is 0.295 e. The maximum Gasteiger partial charge on any atom is 0.295 e. The molecule has 0 saturated carbocycles. The number of aromatic nitrogens is 1. The Hall–Kier alpha value is -1.54. The Kier molecular flexibility index (Phi) is 4.98. The molecule has 1 aromatic heterocycles. The van der Waals surface area contributed by atoms with Crippen LogP contribution in [0.25, 0.3) is 0 Å². The molecule has 0 unspecified atom stereocenters. The lowest BCUT2D eigenvalue weighted by Crippen LogP contribution is -2.23. The predicted octanol–water partition coefficient (Wildman–Crippen LogP) is 1.20. The van der Waals surface area contributed by atoms with Crippen molar-refractivity contribution in [2.24, 2.45) is 0 Å². The predicted molar refractivity (Wildman–Crippen MR) is 71.3 cm³/mol. The van der Waals surface area contributed by atoms with Gasteiger partial charge in [0.1, 0.15) is 0 Å². The fourth-order valence-corrected chi connectivity index (χ4v) is 2.27. The molecule has 0 aliphatic heterocycles. The molecule has 0 aromatic carbocycles. The van der Waals surface area contributed by atoms with Crippen LogP contribution in [-0.4, -0.2) is 31.5 Å². The normalized spacial score (nSPS) is 9.41. The van der Waals surface area contributed by atoms with Gasteiger partial charge in [-0.25, -0.2) is 4.98 Å². The third-order valence-corrected chi connectivity index (χ3v) is 3.53. The third kappa shape index (κ3) is 4.08. The van der Waals surface area contributed by atoms with Crippen molar-refractivity contribution < 1.29 is 4.79 Å².